The van der Waals surface area contributed by atoms with Crippen molar-refractivity contribution in [3.8, 4) is 0 Å². The van der Waals surface area contributed by atoms with Crippen LogP contribution in [0.1, 0.15) is 23.1 Å². The molecule has 3 aliphatic rings. The Kier molecular flexibility index (Phi) is 4.99. The van der Waals surface area contributed by atoms with Gasteiger partial charge in [0.25, 0.3) is 0 Å². The van der Waals surface area contributed by atoms with Gasteiger partial charge in [0.05, 0.1) is 12.6 Å². The summed E-state index contributed by atoms with van der Waals surface area (Å²) in [7, 11) is -3.51. The molecule has 3 fully saturated rings. The van der Waals surface area contributed by atoms with E-state index >= 15 is 0 Å². The fraction of sp³-hybridized carbons (Fsp3) is 0.455. The van der Waals surface area contributed by atoms with Crippen molar-refractivity contribution in [3.63, 3.8) is 0 Å². The minimum atomic E-state index is -3.51. The SMILES string of the molecule is Cc1ccccc1CNC(=O)N1C[C@H]2C[C@H]3[C@](C1)(CN(Cc1ccncc1)S3(=O)=O)O2. The van der Waals surface area contributed by atoms with Crippen LogP contribution in [0.25, 0.3) is 0 Å². The lowest BCUT2D eigenvalue weighted by molar-refractivity contribution is -0.0958. The Labute approximate surface area is 182 Å². The molecule has 0 radical (unpaired) electrons. The molecule has 1 aromatic heterocycles. The smallest absolute Gasteiger partial charge is 0.317 e. The van der Waals surface area contributed by atoms with Crippen LogP contribution in [0.3, 0.4) is 0 Å². The number of hydrogen-bond donors (Lipinski definition) is 1. The van der Waals surface area contributed by atoms with Gasteiger partial charge in [-0.2, -0.15) is 4.31 Å². The third-order valence-corrected chi connectivity index (χ3v) is 8.92. The number of nitrogens with zero attached hydrogens (tertiary/aromatic N) is 3. The lowest BCUT2D eigenvalue weighted by Crippen LogP contribution is -2.58. The van der Waals surface area contributed by atoms with E-state index in [9.17, 15) is 13.2 Å². The van der Waals surface area contributed by atoms with Gasteiger partial charge in [-0.25, -0.2) is 13.2 Å². The topological polar surface area (TPSA) is 91.8 Å². The summed E-state index contributed by atoms with van der Waals surface area (Å²) < 4.78 is 34.2. The van der Waals surface area contributed by atoms with Crippen molar-refractivity contribution in [3.05, 3.63) is 65.5 Å². The summed E-state index contributed by atoms with van der Waals surface area (Å²) in [6.45, 7) is 3.70. The van der Waals surface area contributed by atoms with Crippen LogP contribution < -0.4 is 5.32 Å². The quantitative estimate of drug-likeness (QED) is 0.778. The van der Waals surface area contributed by atoms with Crippen molar-refractivity contribution < 1.29 is 17.9 Å². The van der Waals surface area contributed by atoms with Crippen LogP contribution in [0.4, 0.5) is 4.79 Å². The molecule has 3 aliphatic heterocycles. The zero-order valence-corrected chi connectivity index (χ0v) is 18.2. The van der Waals surface area contributed by atoms with Gasteiger partial charge >= 0.3 is 6.03 Å². The molecule has 3 atom stereocenters. The number of urea groups is 1. The zero-order valence-electron chi connectivity index (χ0n) is 17.4. The third kappa shape index (κ3) is 3.60. The van der Waals surface area contributed by atoms with Gasteiger partial charge in [-0.3, -0.25) is 4.98 Å². The standard InChI is InChI=1S/C22H26N4O4S/c1-16-4-2-3-5-18(16)11-24-21(27)25-13-19-10-20-22(14-25,30-19)15-26(31(20,28)29)12-17-6-8-23-9-7-17/h2-9,19-20H,10-15H2,1H3,(H,24,27)/t19-,20+,22+/m1/s1. The Morgan fingerprint density at radius 1 is 1.23 bits per heavy atom. The van der Waals surface area contributed by atoms with Gasteiger partial charge in [0.1, 0.15) is 10.9 Å². The van der Waals surface area contributed by atoms with E-state index in [0.29, 0.717) is 19.5 Å². The maximum atomic E-state index is 13.3. The molecule has 1 N–H and O–H groups in total. The number of ether oxygens (including phenoxy) is 1. The Morgan fingerprint density at radius 3 is 2.77 bits per heavy atom. The highest BCUT2D eigenvalue weighted by atomic mass is 32.2. The van der Waals surface area contributed by atoms with E-state index in [1.165, 1.54) is 4.31 Å². The predicted octanol–water partition coefficient (Wildman–Crippen LogP) is 1.66. The third-order valence-electron chi connectivity index (χ3n) is 6.60. The summed E-state index contributed by atoms with van der Waals surface area (Å²) in [4.78, 5) is 18.6. The maximum absolute atomic E-state index is 13.3. The van der Waals surface area contributed by atoms with Gasteiger partial charge in [-0.1, -0.05) is 24.3 Å². The number of benzene rings is 1. The molecule has 8 nitrogen and oxygen atoms in total. The van der Waals surface area contributed by atoms with Crippen LogP contribution in [-0.2, 0) is 27.8 Å². The maximum Gasteiger partial charge on any atom is 0.317 e. The van der Waals surface area contributed by atoms with E-state index in [2.05, 4.69) is 10.3 Å². The van der Waals surface area contributed by atoms with Gasteiger partial charge in [0, 0.05) is 38.6 Å². The molecule has 1 aromatic carbocycles. The molecule has 31 heavy (non-hydrogen) atoms. The second-order valence-electron chi connectivity index (χ2n) is 8.66. The van der Waals surface area contributed by atoms with E-state index < -0.39 is 20.9 Å². The molecule has 3 saturated heterocycles. The van der Waals surface area contributed by atoms with Crippen molar-refractivity contribution >= 4 is 16.1 Å². The average Bonchev–Trinajstić information content (AvgIpc) is 3.12. The minimum Gasteiger partial charge on any atom is -0.365 e. The highest BCUT2D eigenvalue weighted by Crippen LogP contribution is 2.46. The molecule has 0 aliphatic carbocycles. The van der Waals surface area contributed by atoms with E-state index in [1.807, 2.05) is 43.3 Å². The lowest BCUT2D eigenvalue weighted by atomic mass is 9.99. The van der Waals surface area contributed by atoms with E-state index in [-0.39, 0.29) is 31.8 Å². The molecule has 164 valence electrons. The fourth-order valence-electron chi connectivity index (χ4n) is 5.03. The Hall–Kier alpha value is -2.49. The van der Waals surface area contributed by atoms with Crippen LogP contribution in [-0.4, -0.2) is 65.2 Å². The molecule has 2 aromatic rings. The second-order valence-corrected chi connectivity index (χ2v) is 10.8. The monoisotopic (exact) mass is 442 g/mol. The van der Waals surface area contributed by atoms with E-state index in [1.54, 1.807) is 17.3 Å². The van der Waals surface area contributed by atoms with Crippen LogP contribution in [0.15, 0.2) is 48.8 Å². The number of carbonyl (C=O) groups excluding carboxylic acids is 1. The molecule has 5 rings (SSSR count). The highest BCUT2D eigenvalue weighted by molar-refractivity contribution is 7.90. The largest absolute Gasteiger partial charge is 0.365 e. The van der Waals surface area contributed by atoms with Gasteiger partial charge in [0.2, 0.25) is 10.0 Å². The summed E-state index contributed by atoms with van der Waals surface area (Å²) >= 11 is 0. The Balaban J connectivity index is 1.30. The van der Waals surface area contributed by atoms with Crippen LogP contribution in [0, 0.1) is 6.92 Å². The molecule has 2 bridgehead atoms. The first-order valence-corrected chi connectivity index (χ1v) is 12.0. The molecular formula is C22H26N4O4S. The van der Waals surface area contributed by atoms with Crippen molar-refractivity contribution in [2.45, 2.75) is 43.4 Å². The summed E-state index contributed by atoms with van der Waals surface area (Å²) in [6, 6.07) is 11.4. The van der Waals surface area contributed by atoms with Crippen LogP contribution in [0.5, 0.6) is 0 Å². The number of pyridine rings is 1. The number of nitrogens with one attached hydrogen (secondary N) is 1. The average molecular weight is 443 g/mol. The predicted molar refractivity (Wildman–Crippen MR) is 115 cm³/mol. The molecule has 4 heterocycles. The molecule has 2 amide bonds. The van der Waals surface area contributed by atoms with E-state index in [4.69, 9.17) is 4.74 Å². The van der Waals surface area contributed by atoms with Gasteiger partial charge in [-0.05, 0) is 42.2 Å². The lowest BCUT2D eigenvalue weighted by Gasteiger charge is -2.39. The Bertz CT molecular complexity index is 1090. The summed E-state index contributed by atoms with van der Waals surface area (Å²) in [5, 5.41) is 2.38. The van der Waals surface area contributed by atoms with E-state index in [0.717, 1.165) is 16.7 Å². The fourth-order valence-corrected chi connectivity index (χ4v) is 7.32. The number of aromatic nitrogens is 1. The number of fused-ring (bicyclic) bond motifs is 1. The number of aryl methyl sites for hydroxylation is 1. The first-order valence-electron chi connectivity index (χ1n) is 10.5. The molecule has 9 heteroatoms. The van der Waals surface area contributed by atoms with Crippen LogP contribution >= 0.6 is 0 Å². The van der Waals surface area contributed by atoms with Crippen molar-refractivity contribution in [1.29, 1.82) is 0 Å². The van der Waals surface area contributed by atoms with Crippen molar-refractivity contribution in [1.82, 2.24) is 19.5 Å². The first kappa shape index (κ1) is 20.4. The summed E-state index contributed by atoms with van der Waals surface area (Å²) in [6.07, 6.45) is 3.49. The van der Waals surface area contributed by atoms with Gasteiger partial charge in [-0.15, -0.1) is 0 Å². The number of hydrogen-bond acceptors (Lipinski definition) is 5. The first-order chi connectivity index (χ1) is 14.9. The van der Waals surface area contributed by atoms with Gasteiger partial charge < -0.3 is 15.0 Å². The Morgan fingerprint density at radius 2 is 2.00 bits per heavy atom. The normalized spacial score (nSPS) is 29.0. The zero-order chi connectivity index (χ0) is 21.6. The highest BCUT2D eigenvalue weighted by Gasteiger charge is 2.65. The number of likely N-dealkylation sites (tertiary alicyclic amines) is 1. The molecular weight excluding hydrogens is 416 g/mol. The summed E-state index contributed by atoms with van der Waals surface area (Å²) in [5.41, 5.74) is 2.21. The number of amides is 2. The molecule has 1 spiro atoms. The molecule has 0 unspecified atom stereocenters. The van der Waals surface area contributed by atoms with Crippen molar-refractivity contribution in [2.75, 3.05) is 19.6 Å². The number of rotatable bonds is 4. The second kappa shape index (κ2) is 7.58. The van der Waals surface area contributed by atoms with Crippen LogP contribution in [0.2, 0.25) is 0 Å². The number of morpholine rings is 1. The van der Waals surface area contributed by atoms with Crippen molar-refractivity contribution in [2.24, 2.45) is 0 Å². The van der Waals surface area contributed by atoms with Gasteiger partial charge in [0.15, 0.2) is 0 Å². The number of carbonyl (C=O) groups is 1. The number of sulfonamides is 1. The summed E-state index contributed by atoms with van der Waals surface area (Å²) in [5.74, 6) is 0. The molecule has 0 saturated carbocycles. The minimum absolute atomic E-state index is 0.179.